The Morgan fingerprint density at radius 1 is 1.26 bits per heavy atom. The van der Waals surface area contributed by atoms with Crippen molar-refractivity contribution in [1.29, 1.82) is 0 Å². The molecule has 0 spiro atoms. The summed E-state index contributed by atoms with van der Waals surface area (Å²) < 4.78 is 10.7. The maximum atomic E-state index is 12.4. The van der Waals surface area contributed by atoms with Gasteiger partial charge in [0.15, 0.2) is 0 Å². The molecule has 1 unspecified atom stereocenters. The molecule has 1 atom stereocenters. The summed E-state index contributed by atoms with van der Waals surface area (Å²) in [5, 5.41) is 2.81. The van der Waals surface area contributed by atoms with Crippen molar-refractivity contribution in [3.05, 3.63) is 35.9 Å². The van der Waals surface area contributed by atoms with Crippen LogP contribution >= 0.6 is 0 Å². The Kier molecular flexibility index (Phi) is 6.82. The van der Waals surface area contributed by atoms with Crippen LogP contribution in [0.25, 0.3) is 0 Å². The SMILES string of the molecule is CC(C)(C)OC(=O)NC1(CC=O)CCCN(C(=O)OCc2ccccc2)C1. The van der Waals surface area contributed by atoms with Gasteiger partial charge in [0.1, 0.15) is 18.5 Å². The van der Waals surface area contributed by atoms with E-state index in [0.29, 0.717) is 19.4 Å². The number of hydrogen-bond acceptors (Lipinski definition) is 5. The normalized spacial score (nSPS) is 19.9. The topological polar surface area (TPSA) is 84.9 Å². The Bertz CT molecular complexity index is 656. The van der Waals surface area contributed by atoms with Gasteiger partial charge in [-0.3, -0.25) is 0 Å². The van der Waals surface area contributed by atoms with E-state index < -0.39 is 23.3 Å². The van der Waals surface area contributed by atoms with E-state index in [1.54, 1.807) is 20.8 Å². The van der Waals surface area contributed by atoms with Gasteiger partial charge in [-0.2, -0.15) is 0 Å². The van der Waals surface area contributed by atoms with E-state index in [0.717, 1.165) is 11.8 Å². The summed E-state index contributed by atoms with van der Waals surface area (Å²) in [6.07, 6.45) is 1.06. The fourth-order valence-electron chi connectivity index (χ4n) is 3.10. The van der Waals surface area contributed by atoms with Crippen LogP contribution in [0.2, 0.25) is 0 Å². The first kappa shape index (κ1) is 20.7. The minimum atomic E-state index is -0.839. The summed E-state index contributed by atoms with van der Waals surface area (Å²) >= 11 is 0. The summed E-state index contributed by atoms with van der Waals surface area (Å²) in [5.41, 5.74) is -0.585. The highest BCUT2D eigenvalue weighted by Gasteiger charge is 2.39. The zero-order chi connectivity index (χ0) is 19.9. The molecule has 1 fully saturated rings. The second kappa shape index (κ2) is 8.88. The van der Waals surface area contributed by atoms with Crippen LogP contribution < -0.4 is 5.32 Å². The lowest BCUT2D eigenvalue weighted by atomic mass is 9.86. The third kappa shape index (κ3) is 6.58. The monoisotopic (exact) mass is 376 g/mol. The zero-order valence-corrected chi connectivity index (χ0v) is 16.2. The molecule has 2 rings (SSSR count). The standard InChI is InChI=1S/C20H28N2O5/c1-19(2,3)27-17(24)21-20(11-13-23)10-7-12-22(15-20)18(25)26-14-16-8-5-4-6-9-16/h4-6,8-9,13H,7,10-12,14-15H2,1-3H3,(H,21,24). The highest BCUT2D eigenvalue weighted by molar-refractivity contribution is 5.71. The first-order valence-electron chi connectivity index (χ1n) is 9.13. The maximum absolute atomic E-state index is 12.4. The van der Waals surface area contributed by atoms with Gasteiger partial charge in [0.2, 0.25) is 0 Å². The quantitative estimate of drug-likeness (QED) is 0.797. The number of nitrogens with zero attached hydrogens (tertiary/aromatic N) is 1. The smallest absolute Gasteiger partial charge is 0.410 e. The fourth-order valence-corrected chi connectivity index (χ4v) is 3.10. The van der Waals surface area contributed by atoms with Crippen LogP contribution in [0.3, 0.4) is 0 Å². The third-order valence-electron chi connectivity index (χ3n) is 4.28. The Balaban J connectivity index is 1.99. The van der Waals surface area contributed by atoms with Crippen LogP contribution in [0.15, 0.2) is 30.3 Å². The minimum absolute atomic E-state index is 0.106. The lowest BCUT2D eigenvalue weighted by Gasteiger charge is -2.42. The zero-order valence-electron chi connectivity index (χ0n) is 16.2. The molecule has 1 aromatic rings. The van der Waals surface area contributed by atoms with Crippen LogP contribution in [0.4, 0.5) is 9.59 Å². The van der Waals surface area contributed by atoms with Gasteiger partial charge in [0.25, 0.3) is 0 Å². The number of carbonyl (C=O) groups is 3. The number of carbonyl (C=O) groups excluding carboxylic acids is 3. The molecule has 2 amide bonds. The maximum Gasteiger partial charge on any atom is 0.410 e. The highest BCUT2D eigenvalue weighted by Crippen LogP contribution is 2.25. The summed E-state index contributed by atoms with van der Waals surface area (Å²) in [6, 6.07) is 9.41. The Hall–Kier alpha value is -2.57. The summed E-state index contributed by atoms with van der Waals surface area (Å²) in [7, 11) is 0. The molecule has 1 aliphatic heterocycles. The van der Waals surface area contributed by atoms with Gasteiger partial charge in [0, 0.05) is 19.5 Å². The Morgan fingerprint density at radius 2 is 1.96 bits per heavy atom. The molecule has 0 saturated carbocycles. The average molecular weight is 376 g/mol. The van der Waals surface area contributed by atoms with Crippen LogP contribution in [0.5, 0.6) is 0 Å². The lowest BCUT2D eigenvalue weighted by molar-refractivity contribution is -0.109. The summed E-state index contributed by atoms with van der Waals surface area (Å²) in [5.74, 6) is 0. The molecule has 1 aromatic carbocycles. The first-order chi connectivity index (χ1) is 12.7. The number of nitrogens with one attached hydrogen (secondary N) is 1. The molecule has 0 radical (unpaired) electrons. The van der Waals surface area contributed by atoms with Crippen LogP contribution in [-0.2, 0) is 20.9 Å². The predicted molar refractivity (Wildman–Crippen MR) is 100 cm³/mol. The van der Waals surface area contributed by atoms with Gasteiger partial charge >= 0.3 is 12.2 Å². The average Bonchev–Trinajstić information content (AvgIpc) is 2.59. The molecule has 7 heteroatoms. The number of ether oxygens (including phenoxy) is 2. The number of amides is 2. The molecule has 1 saturated heterocycles. The van der Waals surface area contributed by atoms with Gasteiger partial charge in [-0.1, -0.05) is 30.3 Å². The third-order valence-corrected chi connectivity index (χ3v) is 4.28. The number of likely N-dealkylation sites (tertiary alicyclic amines) is 1. The van der Waals surface area contributed by atoms with Gasteiger partial charge in [0.05, 0.1) is 5.54 Å². The predicted octanol–water partition coefficient (Wildman–Crippen LogP) is 3.27. The number of aldehydes is 1. The van der Waals surface area contributed by atoms with Crippen molar-refractivity contribution in [3.8, 4) is 0 Å². The van der Waals surface area contributed by atoms with Gasteiger partial charge < -0.3 is 24.5 Å². The van der Waals surface area contributed by atoms with Crippen LogP contribution in [0.1, 0.15) is 45.6 Å². The molecule has 1 heterocycles. The molecule has 27 heavy (non-hydrogen) atoms. The van der Waals surface area contributed by atoms with Gasteiger partial charge in [-0.15, -0.1) is 0 Å². The molecular formula is C20H28N2O5. The second-order valence-electron chi connectivity index (χ2n) is 7.84. The number of hydrogen-bond donors (Lipinski definition) is 1. The van der Waals surface area contributed by atoms with E-state index >= 15 is 0 Å². The van der Waals surface area contributed by atoms with Crippen LogP contribution in [-0.4, -0.2) is 47.6 Å². The largest absolute Gasteiger partial charge is 0.445 e. The Labute approximate surface area is 160 Å². The van der Waals surface area contributed by atoms with E-state index in [-0.39, 0.29) is 19.6 Å². The summed E-state index contributed by atoms with van der Waals surface area (Å²) in [4.78, 5) is 37.4. The second-order valence-corrected chi connectivity index (χ2v) is 7.84. The number of alkyl carbamates (subject to hydrolysis) is 1. The number of rotatable bonds is 5. The number of benzene rings is 1. The minimum Gasteiger partial charge on any atom is -0.445 e. The van der Waals surface area contributed by atoms with Gasteiger partial charge in [-0.05, 0) is 39.2 Å². The molecular weight excluding hydrogens is 348 g/mol. The van der Waals surface area contributed by atoms with Crippen molar-refractivity contribution in [2.75, 3.05) is 13.1 Å². The highest BCUT2D eigenvalue weighted by atomic mass is 16.6. The summed E-state index contributed by atoms with van der Waals surface area (Å²) in [6.45, 7) is 6.21. The van der Waals surface area contributed by atoms with E-state index in [4.69, 9.17) is 9.47 Å². The van der Waals surface area contributed by atoms with Crippen molar-refractivity contribution in [1.82, 2.24) is 10.2 Å². The van der Waals surface area contributed by atoms with Crippen molar-refractivity contribution >= 4 is 18.5 Å². The van der Waals surface area contributed by atoms with Crippen molar-refractivity contribution in [2.24, 2.45) is 0 Å². The Morgan fingerprint density at radius 3 is 2.59 bits per heavy atom. The van der Waals surface area contributed by atoms with Crippen LogP contribution in [0, 0.1) is 0 Å². The molecule has 0 aliphatic carbocycles. The molecule has 0 bridgehead atoms. The molecule has 1 N–H and O–H groups in total. The number of piperidine rings is 1. The first-order valence-corrected chi connectivity index (χ1v) is 9.13. The molecule has 0 aromatic heterocycles. The fraction of sp³-hybridized carbons (Fsp3) is 0.550. The van der Waals surface area contributed by atoms with Crippen molar-refractivity contribution < 1.29 is 23.9 Å². The molecule has 1 aliphatic rings. The lowest BCUT2D eigenvalue weighted by Crippen LogP contribution is -2.60. The van der Waals surface area contributed by atoms with E-state index in [1.165, 1.54) is 4.90 Å². The molecule has 148 valence electrons. The van der Waals surface area contributed by atoms with E-state index in [2.05, 4.69) is 5.32 Å². The van der Waals surface area contributed by atoms with E-state index in [9.17, 15) is 14.4 Å². The van der Waals surface area contributed by atoms with Crippen molar-refractivity contribution in [2.45, 2.75) is 57.8 Å². The molecule has 7 nitrogen and oxygen atoms in total. The van der Waals surface area contributed by atoms with Gasteiger partial charge in [-0.25, -0.2) is 9.59 Å². The van der Waals surface area contributed by atoms with Crippen molar-refractivity contribution in [3.63, 3.8) is 0 Å². The van der Waals surface area contributed by atoms with E-state index in [1.807, 2.05) is 30.3 Å².